The second-order valence-electron chi connectivity index (χ2n) is 7.14. The number of aromatic nitrogens is 1. The van der Waals surface area contributed by atoms with Crippen LogP contribution in [-0.2, 0) is 0 Å². The van der Waals surface area contributed by atoms with Crippen molar-refractivity contribution in [2.45, 2.75) is 53.0 Å². The maximum absolute atomic E-state index is 5.99. The number of nitrogens with one attached hydrogen (secondary N) is 1. The molecule has 2 aliphatic rings. The molecule has 0 radical (unpaired) electrons. The normalized spacial score (nSPS) is 35.6. The number of halogens is 1. The van der Waals surface area contributed by atoms with E-state index in [1.165, 1.54) is 19.3 Å². The van der Waals surface area contributed by atoms with Gasteiger partial charge in [0.05, 0.1) is 11.9 Å². The largest absolute Gasteiger partial charge is 0.380 e. The van der Waals surface area contributed by atoms with Gasteiger partial charge in [-0.15, -0.1) is 0 Å². The van der Waals surface area contributed by atoms with E-state index in [9.17, 15) is 0 Å². The Labute approximate surface area is 121 Å². The fourth-order valence-electron chi connectivity index (χ4n) is 4.26. The Hall–Kier alpha value is -0.760. The topological polar surface area (TPSA) is 24.9 Å². The Morgan fingerprint density at radius 1 is 1.37 bits per heavy atom. The molecule has 0 aliphatic heterocycles. The third-order valence-corrected chi connectivity index (χ3v) is 6.54. The van der Waals surface area contributed by atoms with Crippen LogP contribution >= 0.6 is 11.6 Å². The van der Waals surface area contributed by atoms with E-state index in [0.29, 0.717) is 22.0 Å². The lowest BCUT2D eigenvalue weighted by Crippen LogP contribution is -2.40. The minimum atomic E-state index is 0.394. The van der Waals surface area contributed by atoms with Crippen molar-refractivity contribution in [2.24, 2.45) is 16.7 Å². The number of hydrogen-bond donors (Lipinski definition) is 1. The Morgan fingerprint density at radius 2 is 2.11 bits per heavy atom. The highest BCUT2D eigenvalue weighted by molar-refractivity contribution is 6.30. The Morgan fingerprint density at radius 3 is 2.63 bits per heavy atom. The minimum absolute atomic E-state index is 0.394. The number of pyridine rings is 1. The van der Waals surface area contributed by atoms with E-state index < -0.39 is 0 Å². The molecule has 0 amide bonds. The molecule has 0 spiro atoms. The standard InChI is InChI=1S/C16H23ClN2/c1-10-7-12(9-18-14(10)17)19-13-8-11-5-6-16(13,4)15(11,2)3/h7,9,11,13,19H,5-6,8H2,1-4H3. The van der Waals surface area contributed by atoms with Crippen LogP contribution in [0.5, 0.6) is 0 Å². The maximum Gasteiger partial charge on any atom is 0.132 e. The number of anilines is 1. The predicted molar refractivity (Wildman–Crippen MR) is 80.6 cm³/mol. The van der Waals surface area contributed by atoms with Gasteiger partial charge >= 0.3 is 0 Å². The average Bonchev–Trinajstić information content (AvgIpc) is 2.67. The van der Waals surface area contributed by atoms with Crippen molar-refractivity contribution < 1.29 is 0 Å². The maximum atomic E-state index is 5.99. The van der Waals surface area contributed by atoms with E-state index in [-0.39, 0.29) is 0 Å². The summed E-state index contributed by atoms with van der Waals surface area (Å²) in [5.74, 6) is 0.858. The molecule has 104 valence electrons. The van der Waals surface area contributed by atoms with Gasteiger partial charge in [-0.1, -0.05) is 32.4 Å². The zero-order valence-corrected chi connectivity index (χ0v) is 13.0. The first-order chi connectivity index (χ1) is 8.84. The number of hydrogen-bond acceptors (Lipinski definition) is 2. The van der Waals surface area contributed by atoms with Crippen molar-refractivity contribution in [3.05, 3.63) is 23.0 Å². The van der Waals surface area contributed by atoms with E-state index in [2.05, 4.69) is 37.1 Å². The molecule has 2 bridgehead atoms. The van der Waals surface area contributed by atoms with Gasteiger partial charge in [0.1, 0.15) is 5.15 Å². The summed E-state index contributed by atoms with van der Waals surface area (Å²) in [6, 6.07) is 2.67. The van der Waals surface area contributed by atoms with Gasteiger partial charge in [-0.3, -0.25) is 0 Å². The van der Waals surface area contributed by atoms with Crippen LogP contribution in [-0.4, -0.2) is 11.0 Å². The second-order valence-corrected chi connectivity index (χ2v) is 7.50. The number of nitrogens with zero attached hydrogens (tertiary/aromatic N) is 1. The van der Waals surface area contributed by atoms with Crippen LogP contribution in [0.3, 0.4) is 0 Å². The molecule has 2 nitrogen and oxygen atoms in total. The number of aryl methyl sites for hydroxylation is 1. The highest BCUT2D eigenvalue weighted by Crippen LogP contribution is 2.65. The van der Waals surface area contributed by atoms with Gasteiger partial charge in [-0.05, 0) is 54.6 Å². The summed E-state index contributed by atoms with van der Waals surface area (Å²) in [6.07, 6.45) is 5.87. The fraction of sp³-hybridized carbons (Fsp3) is 0.688. The van der Waals surface area contributed by atoms with Gasteiger partial charge in [0.25, 0.3) is 0 Å². The monoisotopic (exact) mass is 278 g/mol. The van der Waals surface area contributed by atoms with Crippen LogP contribution < -0.4 is 5.32 Å². The summed E-state index contributed by atoms with van der Waals surface area (Å²) < 4.78 is 0. The fourth-order valence-corrected chi connectivity index (χ4v) is 4.36. The molecule has 1 heterocycles. The molecule has 3 unspecified atom stereocenters. The lowest BCUT2D eigenvalue weighted by atomic mass is 9.69. The molecule has 2 fully saturated rings. The van der Waals surface area contributed by atoms with E-state index in [1.54, 1.807) is 0 Å². The van der Waals surface area contributed by atoms with Gasteiger partial charge < -0.3 is 5.32 Å². The van der Waals surface area contributed by atoms with Crippen molar-refractivity contribution in [3.63, 3.8) is 0 Å². The van der Waals surface area contributed by atoms with Crippen LogP contribution in [0.15, 0.2) is 12.3 Å². The highest BCUT2D eigenvalue weighted by Gasteiger charge is 2.61. The summed E-state index contributed by atoms with van der Waals surface area (Å²) in [4.78, 5) is 4.24. The Kier molecular flexibility index (Phi) is 2.87. The van der Waals surface area contributed by atoms with Crippen molar-refractivity contribution in [2.75, 3.05) is 5.32 Å². The van der Waals surface area contributed by atoms with Gasteiger partial charge in [0.15, 0.2) is 0 Å². The first-order valence-electron chi connectivity index (χ1n) is 7.23. The molecule has 3 heteroatoms. The molecule has 0 saturated heterocycles. The molecule has 1 N–H and O–H groups in total. The van der Waals surface area contributed by atoms with Crippen LogP contribution in [0.2, 0.25) is 5.15 Å². The Balaban J connectivity index is 1.84. The highest BCUT2D eigenvalue weighted by atomic mass is 35.5. The molecule has 1 aromatic rings. The van der Waals surface area contributed by atoms with Crippen molar-refractivity contribution in [1.29, 1.82) is 0 Å². The molecule has 1 aromatic heterocycles. The predicted octanol–water partition coefficient (Wildman–Crippen LogP) is 4.67. The minimum Gasteiger partial charge on any atom is -0.380 e. The van der Waals surface area contributed by atoms with E-state index >= 15 is 0 Å². The van der Waals surface area contributed by atoms with Crippen LogP contribution in [0.4, 0.5) is 5.69 Å². The number of fused-ring (bicyclic) bond motifs is 2. The zero-order valence-electron chi connectivity index (χ0n) is 12.3. The summed E-state index contributed by atoms with van der Waals surface area (Å²) in [5.41, 5.74) is 2.99. The SMILES string of the molecule is Cc1cc(NC2CC3CCC2(C)C3(C)C)cnc1Cl. The lowest BCUT2D eigenvalue weighted by molar-refractivity contribution is 0.142. The lowest BCUT2D eigenvalue weighted by Gasteiger charge is -2.39. The summed E-state index contributed by atoms with van der Waals surface area (Å²) in [5, 5.41) is 4.32. The quantitative estimate of drug-likeness (QED) is 0.795. The van der Waals surface area contributed by atoms with E-state index in [4.69, 9.17) is 11.6 Å². The summed E-state index contributed by atoms with van der Waals surface area (Å²) in [6.45, 7) is 9.34. The number of rotatable bonds is 2. The van der Waals surface area contributed by atoms with Gasteiger partial charge in [-0.25, -0.2) is 4.98 Å². The molecule has 0 aromatic carbocycles. The first kappa shape index (κ1) is 13.2. The summed E-state index contributed by atoms with van der Waals surface area (Å²) >= 11 is 5.99. The van der Waals surface area contributed by atoms with Gasteiger partial charge in [-0.2, -0.15) is 0 Å². The Bertz CT molecular complexity index is 511. The van der Waals surface area contributed by atoms with Crippen LogP contribution in [0.1, 0.15) is 45.6 Å². The van der Waals surface area contributed by atoms with Crippen molar-refractivity contribution in [1.82, 2.24) is 4.98 Å². The van der Waals surface area contributed by atoms with Crippen LogP contribution in [0.25, 0.3) is 0 Å². The smallest absolute Gasteiger partial charge is 0.132 e. The molecule has 2 saturated carbocycles. The third-order valence-electron chi connectivity index (χ3n) is 6.15. The van der Waals surface area contributed by atoms with E-state index in [0.717, 1.165) is 17.2 Å². The van der Waals surface area contributed by atoms with E-state index in [1.807, 2.05) is 13.1 Å². The molecule has 3 rings (SSSR count). The molecule has 2 aliphatic carbocycles. The molecule has 3 atom stereocenters. The first-order valence-corrected chi connectivity index (χ1v) is 7.61. The van der Waals surface area contributed by atoms with Crippen LogP contribution in [0, 0.1) is 23.7 Å². The van der Waals surface area contributed by atoms with Gasteiger partial charge in [0, 0.05) is 6.04 Å². The summed E-state index contributed by atoms with van der Waals surface area (Å²) in [7, 11) is 0. The average molecular weight is 279 g/mol. The molecular formula is C16H23ClN2. The second kappa shape index (κ2) is 4.12. The molecule has 19 heavy (non-hydrogen) atoms. The molecular weight excluding hydrogens is 256 g/mol. The van der Waals surface area contributed by atoms with Crippen molar-refractivity contribution >= 4 is 17.3 Å². The third kappa shape index (κ3) is 1.79. The zero-order chi connectivity index (χ0) is 13.8. The van der Waals surface area contributed by atoms with Crippen molar-refractivity contribution in [3.8, 4) is 0 Å². The van der Waals surface area contributed by atoms with Gasteiger partial charge in [0.2, 0.25) is 0 Å².